The van der Waals surface area contributed by atoms with Crippen molar-refractivity contribution in [1.82, 2.24) is 9.62 Å². The van der Waals surface area contributed by atoms with Crippen LogP contribution in [0.4, 0.5) is 0 Å². The molecule has 0 radical (unpaired) electrons. The second-order valence-corrected chi connectivity index (χ2v) is 7.78. The number of hydrogen-bond donors (Lipinski definition) is 1. The topological polar surface area (TPSA) is 75.7 Å². The molecule has 1 aromatic carbocycles. The molecule has 1 unspecified atom stereocenters. The Morgan fingerprint density at radius 3 is 2.78 bits per heavy atom. The number of nitrogens with one attached hydrogen (secondary N) is 1. The van der Waals surface area contributed by atoms with Gasteiger partial charge in [-0.25, -0.2) is 8.42 Å². The monoisotopic (exact) mass is 340 g/mol. The summed E-state index contributed by atoms with van der Waals surface area (Å²) >= 11 is 0. The lowest BCUT2D eigenvalue weighted by molar-refractivity contribution is -0.120. The van der Waals surface area contributed by atoms with Gasteiger partial charge in [-0.05, 0) is 18.9 Å². The van der Waals surface area contributed by atoms with Gasteiger partial charge in [0.2, 0.25) is 15.9 Å². The highest BCUT2D eigenvalue weighted by molar-refractivity contribution is 7.89. The number of carbonyl (C=O) groups is 1. The van der Waals surface area contributed by atoms with E-state index in [9.17, 15) is 13.2 Å². The summed E-state index contributed by atoms with van der Waals surface area (Å²) in [6, 6.07) is 9.74. The Morgan fingerprint density at radius 2 is 2.09 bits per heavy atom. The molecule has 0 spiro atoms. The number of rotatable bonds is 7. The Morgan fingerprint density at radius 1 is 1.35 bits per heavy atom. The molecule has 2 rings (SSSR count). The van der Waals surface area contributed by atoms with Crippen molar-refractivity contribution < 1.29 is 17.9 Å². The summed E-state index contributed by atoms with van der Waals surface area (Å²) in [4.78, 5) is 11.8. The van der Waals surface area contributed by atoms with Gasteiger partial charge in [0.15, 0.2) is 0 Å². The van der Waals surface area contributed by atoms with Gasteiger partial charge in [-0.3, -0.25) is 4.79 Å². The standard InChI is InChI=1S/C16H24N2O4S/c1-14-13-18(10-11-22-14)23(20,21)12-9-17-16(19)8-7-15-5-3-2-4-6-15/h2-6,14H,7-13H2,1H3,(H,17,19). The fourth-order valence-electron chi connectivity index (χ4n) is 2.48. The molecule has 7 heteroatoms. The average molecular weight is 340 g/mol. The smallest absolute Gasteiger partial charge is 0.220 e. The third-order valence-corrected chi connectivity index (χ3v) is 5.60. The minimum Gasteiger partial charge on any atom is -0.376 e. The first kappa shape index (κ1) is 17.9. The minimum atomic E-state index is -3.34. The van der Waals surface area contributed by atoms with E-state index in [0.717, 1.165) is 5.56 Å². The zero-order valence-electron chi connectivity index (χ0n) is 13.4. The lowest BCUT2D eigenvalue weighted by atomic mass is 10.1. The number of hydrogen-bond acceptors (Lipinski definition) is 4. The maximum absolute atomic E-state index is 12.2. The SMILES string of the molecule is CC1CN(S(=O)(=O)CCNC(=O)CCc2ccccc2)CCO1. The number of aryl methyl sites for hydroxylation is 1. The second kappa shape index (κ2) is 8.42. The third-order valence-electron chi connectivity index (χ3n) is 3.76. The lowest BCUT2D eigenvalue weighted by Crippen LogP contribution is -2.46. The Bertz CT molecular complexity index is 604. The van der Waals surface area contributed by atoms with Gasteiger partial charge in [-0.1, -0.05) is 30.3 Å². The van der Waals surface area contributed by atoms with E-state index in [0.29, 0.717) is 32.5 Å². The number of sulfonamides is 1. The first-order valence-electron chi connectivity index (χ1n) is 7.87. The lowest BCUT2D eigenvalue weighted by Gasteiger charge is -2.30. The van der Waals surface area contributed by atoms with Crippen LogP contribution in [0.2, 0.25) is 0 Å². The molecule has 1 amide bonds. The van der Waals surface area contributed by atoms with Crippen molar-refractivity contribution in [3.8, 4) is 0 Å². The fourth-order valence-corrected chi connectivity index (χ4v) is 3.89. The van der Waals surface area contributed by atoms with Crippen molar-refractivity contribution >= 4 is 15.9 Å². The van der Waals surface area contributed by atoms with Gasteiger partial charge in [0.05, 0.1) is 18.5 Å². The highest BCUT2D eigenvalue weighted by Gasteiger charge is 2.27. The highest BCUT2D eigenvalue weighted by Crippen LogP contribution is 2.09. The predicted octanol–water partition coefficient (Wildman–Crippen LogP) is 0.786. The molecule has 0 bridgehead atoms. The van der Waals surface area contributed by atoms with Crippen molar-refractivity contribution in [3.63, 3.8) is 0 Å². The molecule has 1 heterocycles. The van der Waals surface area contributed by atoms with Crippen molar-refractivity contribution in [2.45, 2.75) is 25.9 Å². The summed E-state index contributed by atoms with van der Waals surface area (Å²) < 4.78 is 31.2. The van der Waals surface area contributed by atoms with E-state index < -0.39 is 10.0 Å². The molecule has 128 valence electrons. The molecule has 1 aliphatic rings. The molecule has 1 N–H and O–H groups in total. The molecule has 0 saturated carbocycles. The van der Waals surface area contributed by atoms with Gasteiger partial charge in [0, 0.05) is 26.1 Å². The molecule has 1 aromatic rings. The number of nitrogens with zero attached hydrogens (tertiary/aromatic N) is 1. The first-order chi connectivity index (χ1) is 11.0. The van der Waals surface area contributed by atoms with Crippen LogP contribution in [0.25, 0.3) is 0 Å². The number of amides is 1. The number of benzene rings is 1. The van der Waals surface area contributed by atoms with E-state index in [2.05, 4.69) is 5.32 Å². The van der Waals surface area contributed by atoms with Crippen LogP contribution in [-0.4, -0.2) is 56.7 Å². The van der Waals surface area contributed by atoms with Crippen LogP contribution in [0.3, 0.4) is 0 Å². The van der Waals surface area contributed by atoms with Gasteiger partial charge in [-0.15, -0.1) is 0 Å². The second-order valence-electron chi connectivity index (χ2n) is 5.69. The van der Waals surface area contributed by atoms with E-state index in [1.165, 1.54) is 4.31 Å². The molecule has 23 heavy (non-hydrogen) atoms. The summed E-state index contributed by atoms with van der Waals surface area (Å²) in [6.45, 7) is 3.18. The minimum absolute atomic E-state index is 0.0726. The molecule has 1 aliphatic heterocycles. The maximum Gasteiger partial charge on any atom is 0.220 e. The molecule has 1 atom stereocenters. The van der Waals surface area contributed by atoms with Gasteiger partial charge in [0.25, 0.3) is 0 Å². The molecule has 1 fully saturated rings. The molecule has 0 aliphatic carbocycles. The Labute approximate surface area is 137 Å². The number of carbonyl (C=O) groups excluding carboxylic acids is 1. The average Bonchev–Trinajstić information content (AvgIpc) is 2.54. The van der Waals surface area contributed by atoms with Gasteiger partial charge >= 0.3 is 0 Å². The Balaban J connectivity index is 1.70. The van der Waals surface area contributed by atoms with E-state index in [-0.39, 0.29) is 24.3 Å². The van der Waals surface area contributed by atoms with Crippen LogP contribution >= 0.6 is 0 Å². The zero-order valence-corrected chi connectivity index (χ0v) is 14.2. The van der Waals surface area contributed by atoms with E-state index in [1.54, 1.807) is 0 Å². The largest absolute Gasteiger partial charge is 0.376 e. The van der Waals surface area contributed by atoms with Gasteiger partial charge < -0.3 is 10.1 Å². The Hall–Kier alpha value is -1.44. The number of ether oxygens (including phenoxy) is 1. The van der Waals surface area contributed by atoms with Crippen LogP contribution in [0.15, 0.2) is 30.3 Å². The van der Waals surface area contributed by atoms with Crippen molar-refractivity contribution in [2.75, 3.05) is 32.0 Å². The van der Waals surface area contributed by atoms with E-state index in [1.807, 2.05) is 37.3 Å². The normalized spacial score (nSPS) is 19.4. The zero-order chi connectivity index (χ0) is 16.7. The molecule has 6 nitrogen and oxygen atoms in total. The molecular formula is C16H24N2O4S. The van der Waals surface area contributed by atoms with Crippen LogP contribution in [0.5, 0.6) is 0 Å². The quantitative estimate of drug-likeness (QED) is 0.796. The molecular weight excluding hydrogens is 316 g/mol. The summed E-state index contributed by atoms with van der Waals surface area (Å²) in [5, 5.41) is 2.68. The maximum atomic E-state index is 12.2. The van der Waals surface area contributed by atoms with Crippen molar-refractivity contribution in [1.29, 1.82) is 0 Å². The Kier molecular flexibility index (Phi) is 6.56. The van der Waals surface area contributed by atoms with Crippen LogP contribution in [0.1, 0.15) is 18.9 Å². The van der Waals surface area contributed by atoms with Crippen molar-refractivity contribution in [2.24, 2.45) is 0 Å². The molecule has 1 saturated heterocycles. The van der Waals surface area contributed by atoms with Crippen LogP contribution < -0.4 is 5.32 Å². The third kappa shape index (κ3) is 5.93. The number of morpholine rings is 1. The van der Waals surface area contributed by atoms with E-state index in [4.69, 9.17) is 4.74 Å². The fraction of sp³-hybridized carbons (Fsp3) is 0.562. The molecule has 0 aromatic heterocycles. The van der Waals surface area contributed by atoms with Gasteiger partial charge in [0.1, 0.15) is 0 Å². The van der Waals surface area contributed by atoms with Crippen molar-refractivity contribution in [3.05, 3.63) is 35.9 Å². The first-order valence-corrected chi connectivity index (χ1v) is 9.48. The van der Waals surface area contributed by atoms with Gasteiger partial charge in [-0.2, -0.15) is 4.31 Å². The van der Waals surface area contributed by atoms with E-state index >= 15 is 0 Å². The van der Waals surface area contributed by atoms with Crippen LogP contribution in [0, 0.1) is 0 Å². The summed E-state index contributed by atoms with van der Waals surface area (Å²) in [5.41, 5.74) is 1.09. The predicted molar refractivity (Wildman–Crippen MR) is 88.5 cm³/mol. The summed E-state index contributed by atoms with van der Waals surface area (Å²) in [7, 11) is -3.34. The summed E-state index contributed by atoms with van der Waals surface area (Å²) in [5.74, 6) is -0.198. The van der Waals surface area contributed by atoms with Crippen LogP contribution in [-0.2, 0) is 26.0 Å². The highest BCUT2D eigenvalue weighted by atomic mass is 32.2. The summed E-state index contributed by atoms with van der Waals surface area (Å²) in [6.07, 6.45) is 0.929.